The number of hydrogen-bond donors (Lipinski definition) is 2. The summed E-state index contributed by atoms with van der Waals surface area (Å²) in [5.41, 5.74) is 0. The van der Waals surface area contributed by atoms with E-state index >= 15 is 0 Å². The number of aliphatic hydroxyl groups is 2. The first-order chi connectivity index (χ1) is 13.2. The third-order valence-corrected chi connectivity index (χ3v) is 2.32. The van der Waals surface area contributed by atoms with Crippen LogP contribution in [0.2, 0.25) is 0 Å². The van der Waals surface area contributed by atoms with Crippen molar-refractivity contribution in [3.8, 4) is 0 Å². The molecule has 0 fully saturated rings. The first-order valence-corrected chi connectivity index (χ1v) is 9.38. The Hall–Kier alpha value is -1.35. The molecule has 170 valence electrons. The van der Waals surface area contributed by atoms with Gasteiger partial charge in [-0.1, -0.05) is 26.7 Å². The van der Waals surface area contributed by atoms with Gasteiger partial charge in [0.2, 0.25) is 0 Å². The second-order valence-corrected chi connectivity index (χ2v) is 5.20. The molecule has 0 saturated heterocycles. The van der Waals surface area contributed by atoms with Crippen molar-refractivity contribution in [2.24, 2.45) is 0 Å². The number of esters is 2. The van der Waals surface area contributed by atoms with Gasteiger partial charge in [0.15, 0.2) is 0 Å². The summed E-state index contributed by atoms with van der Waals surface area (Å²) in [5.74, 6) is -1.82. The summed E-state index contributed by atoms with van der Waals surface area (Å²) in [4.78, 5) is 41.0. The number of ketones is 2. The zero-order valence-corrected chi connectivity index (χ0v) is 19.9. The number of carbonyl (C=O) groups excluding carboxylic acids is 4. The summed E-state index contributed by atoms with van der Waals surface area (Å²) < 4.78 is 8.91. The number of ether oxygens (including phenoxy) is 2. The minimum absolute atomic E-state index is 0. The molecule has 0 aliphatic rings. The van der Waals surface area contributed by atoms with Gasteiger partial charge in [0, 0.05) is 24.8 Å². The second kappa shape index (κ2) is 34.2. The maximum absolute atomic E-state index is 10.4. The smallest absolute Gasteiger partial charge is 0.466 e. The predicted molar refractivity (Wildman–Crippen MR) is 107 cm³/mol. The fourth-order valence-corrected chi connectivity index (χ4v) is 1.06. The Bertz CT molecular complexity index is 347. The van der Waals surface area contributed by atoms with E-state index in [0.717, 1.165) is 25.7 Å². The quantitative estimate of drug-likeness (QED) is 0.223. The molecule has 0 aliphatic carbocycles. The normalized spacial score (nSPS) is 8.21. The van der Waals surface area contributed by atoms with Gasteiger partial charge in [-0.05, 0) is 26.7 Å². The van der Waals surface area contributed by atoms with E-state index in [1.165, 1.54) is 0 Å². The fourth-order valence-electron chi connectivity index (χ4n) is 1.06. The standard InChI is InChI=1S/2C6H9O3.2C4H10O.Ti/c2*1-3-9-6(8)4-5(2)7;2*1-2-3-4-5;/h2*2-4H2,1H3;2*5H,2-4H2,1H3;/q2*-1;;;+2. The summed E-state index contributed by atoms with van der Waals surface area (Å²) in [7, 11) is 0. The molecule has 0 aliphatic heterocycles. The Labute approximate surface area is 190 Å². The summed E-state index contributed by atoms with van der Waals surface area (Å²) in [6.45, 7) is 14.8. The SMILES string of the molecule is CCCCO.CCCCO.[CH2-]C(=O)CC(=O)OCC.[CH2-]C(=O)CC(=O)OCC.[Ti+2]. The van der Waals surface area contributed by atoms with E-state index < -0.39 is 23.5 Å². The monoisotopic (exact) mass is 454 g/mol. The second-order valence-electron chi connectivity index (χ2n) is 5.20. The van der Waals surface area contributed by atoms with Crippen molar-refractivity contribution >= 4 is 23.5 Å². The largest absolute Gasteiger partial charge is 2.00 e. The van der Waals surface area contributed by atoms with E-state index in [4.69, 9.17) is 10.2 Å². The average Bonchev–Trinajstić information content (AvgIpc) is 2.57. The van der Waals surface area contributed by atoms with Crippen LogP contribution in [0.15, 0.2) is 0 Å². The summed E-state index contributed by atoms with van der Waals surface area (Å²) in [5, 5.41) is 16.1. The maximum atomic E-state index is 10.4. The van der Waals surface area contributed by atoms with Gasteiger partial charge in [-0.2, -0.15) is 0 Å². The van der Waals surface area contributed by atoms with E-state index in [0.29, 0.717) is 26.4 Å². The van der Waals surface area contributed by atoms with Crippen LogP contribution in [-0.4, -0.2) is 60.1 Å². The Morgan fingerprint density at radius 3 is 1.07 bits per heavy atom. The van der Waals surface area contributed by atoms with Gasteiger partial charge < -0.3 is 43.1 Å². The van der Waals surface area contributed by atoms with Crippen LogP contribution in [0.1, 0.15) is 66.2 Å². The molecular formula is C20H38O8Ti. The fraction of sp³-hybridized carbons (Fsp3) is 0.700. The van der Waals surface area contributed by atoms with Crippen LogP contribution >= 0.6 is 0 Å². The van der Waals surface area contributed by atoms with E-state index in [1.54, 1.807) is 13.8 Å². The Morgan fingerprint density at radius 2 is 0.966 bits per heavy atom. The summed E-state index contributed by atoms with van der Waals surface area (Å²) in [6.07, 6.45) is 3.65. The average molecular weight is 454 g/mol. The number of hydrogen-bond acceptors (Lipinski definition) is 8. The molecule has 0 aromatic heterocycles. The number of unbranched alkanes of at least 4 members (excludes halogenated alkanes) is 2. The summed E-state index contributed by atoms with van der Waals surface area (Å²) >= 11 is 0. The molecule has 0 spiro atoms. The van der Waals surface area contributed by atoms with E-state index in [2.05, 4.69) is 37.2 Å². The zero-order valence-electron chi connectivity index (χ0n) is 18.3. The molecular weight excluding hydrogens is 416 g/mol. The first kappa shape index (κ1) is 38.3. The van der Waals surface area contributed by atoms with Crippen molar-refractivity contribution in [2.45, 2.75) is 66.2 Å². The van der Waals surface area contributed by atoms with Crippen molar-refractivity contribution in [2.75, 3.05) is 26.4 Å². The van der Waals surface area contributed by atoms with Gasteiger partial charge in [-0.25, -0.2) is 0 Å². The molecule has 0 amide bonds. The first-order valence-electron chi connectivity index (χ1n) is 9.38. The van der Waals surface area contributed by atoms with Crippen molar-refractivity contribution in [1.82, 2.24) is 0 Å². The molecule has 29 heavy (non-hydrogen) atoms. The molecule has 0 radical (unpaired) electrons. The van der Waals surface area contributed by atoms with Crippen molar-refractivity contribution in [3.05, 3.63) is 13.8 Å². The molecule has 0 unspecified atom stereocenters. The molecule has 0 bridgehead atoms. The Morgan fingerprint density at radius 1 is 0.690 bits per heavy atom. The van der Waals surface area contributed by atoms with Gasteiger partial charge in [0.1, 0.15) is 0 Å². The number of rotatable bonds is 10. The van der Waals surface area contributed by atoms with Gasteiger partial charge in [0.25, 0.3) is 0 Å². The van der Waals surface area contributed by atoms with Gasteiger partial charge in [0.05, 0.1) is 26.1 Å². The zero-order chi connectivity index (χ0) is 22.8. The van der Waals surface area contributed by atoms with Crippen LogP contribution < -0.4 is 0 Å². The van der Waals surface area contributed by atoms with Crippen LogP contribution in [0.5, 0.6) is 0 Å². The number of aliphatic hydroxyl groups excluding tert-OH is 2. The third-order valence-electron chi connectivity index (χ3n) is 2.32. The number of carbonyl (C=O) groups is 4. The Balaban J connectivity index is -0.0000000907. The maximum Gasteiger partial charge on any atom is 2.00 e. The predicted octanol–water partition coefficient (Wildman–Crippen LogP) is 2.24. The molecule has 2 N–H and O–H groups in total. The van der Waals surface area contributed by atoms with E-state index in [-0.39, 0.29) is 34.6 Å². The van der Waals surface area contributed by atoms with Crippen LogP contribution in [0.3, 0.4) is 0 Å². The van der Waals surface area contributed by atoms with E-state index in [9.17, 15) is 19.2 Å². The Kier molecular flexibility index (Phi) is 45.1. The van der Waals surface area contributed by atoms with Gasteiger partial charge in [-0.3, -0.25) is 9.59 Å². The minimum atomic E-state index is -0.502. The molecule has 0 aromatic rings. The third kappa shape index (κ3) is 58.4. The van der Waals surface area contributed by atoms with Crippen molar-refractivity contribution < 1.29 is 60.6 Å². The molecule has 0 atom stereocenters. The molecule has 0 heterocycles. The minimum Gasteiger partial charge on any atom is -0.466 e. The van der Waals surface area contributed by atoms with Crippen molar-refractivity contribution in [1.29, 1.82) is 0 Å². The van der Waals surface area contributed by atoms with Crippen LogP contribution in [0.25, 0.3) is 0 Å². The van der Waals surface area contributed by atoms with Gasteiger partial charge >= 0.3 is 33.7 Å². The van der Waals surface area contributed by atoms with Crippen LogP contribution in [0.4, 0.5) is 0 Å². The molecule has 0 aromatic carbocycles. The molecule has 9 heteroatoms. The molecule has 0 rings (SSSR count). The molecule has 0 saturated carbocycles. The van der Waals surface area contributed by atoms with Gasteiger partial charge in [-0.15, -0.1) is 0 Å². The summed E-state index contributed by atoms with van der Waals surface area (Å²) in [6, 6.07) is 0. The molecule has 8 nitrogen and oxygen atoms in total. The van der Waals surface area contributed by atoms with Crippen molar-refractivity contribution in [3.63, 3.8) is 0 Å². The van der Waals surface area contributed by atoms with Crippen LogP contribution in [0, 0.1) is 13.8 Å². The number of Topliss-reactive ketones (excluding diaryl/α,β-unsaturated/α-hetero) is 2. The van der Waals surface area contributed by atoms with Crippen LogP contribution in [-0.2, 0) is 50.4 Å². The van der Waals surface area contributed by atoms with E-state index in [1.807, 2.05) is 0 Å². The topological polar surface area (TPSA) is 127 Å².